The lowest BCUT2D eigenvalue weighted by Gasteiger charge is -2.26. The number of anilines is 3. The molecule has 0 aliphatic carbocycles. The van der Waals surface area contributed by atoms with Gasteiger partial charge in [-0.15, -0.1) is 0 Å². The van der Waals surface area contributed by atoms with Gasteiger partial charge in [-0.05, 0) is 141 Å². The van der Waals surface area contributed by atoms with Crippen LogP contribution in [0.4, 0.5) is 17.1 Å². The largest absolute Gasteiger partial charge is 0.311 e. The molecule has 0 atom stereocenters. The van der Waals surface area contributed by atoms with E-state index in [2.05, 4.69) is 0 Å². The van der Waals surface area contributed by atoms with E-state index in [9.17, 15) is 16.4 Å². The highest BCUT2D eigenvalue weighted by molar-refractivity contribution is 6.14. The van der Waals surface area contributed by atoms with Crippen LogP contribution in [0.3, 0.4) is 0 Å². The molecule has 0 bridgehead atoms. The zero-order chi connectivity index (χ0) is 53.6. The maximum atomic E-state index is 9.88. The first-order valence-corrected chi connectivity index (χ1v) is 21.4. The van der Waals surface area contributed by atoms with Crippen LogP contribution in [-0.2, 0) is 0 Å². The molecule has 0 unspecified atom stereocenters. The van der Waals surface area contributed by atoms with Crippen LogP contribution in [0.25, 0.3) is 98.7 Å². The van der Waals surface area contributed by atoms with E-state index in [0.717, 1.165) is 59.3 Å². The summed E-state index contributed by atoms with van der Waals surface area (Å²) in [5.74, 6) is 0. The molecule has 304 valence electrons. The van der Waals surface area contributed by atoms with Crippen molar-refractivity contribution in [1.82, 2.24) is 0 Å². The van der Waals surface area contributed by atoms with Gasteiger partial charge >= 0.3 is 0 Å². The van der Waals surface area contributed by atoms with Crippen molar-refractivity contribution < 1.29 is 16.4 Å². The quantitative estimate of drug-likeness (QED) is 0.138. The molecule has 0 aliphatic heterocycles. The van der Waals surface area contributed by atoms with E-state index in [1.807, 2.05) is 170 Å². The van der Waals surface area contributed by atoms with E-state index in [4.69, 9.17) is 0 Å². The van der Waals surface area contributed by atoms with Gasteiger partial charge in [-0.3, -0.25) is 0 Å². The molecule has 0 radical (unpaired) electrons. The van der Waals surface area contributed by atoms with Gasteiger partial charge in [0.2, 0.25) is 0 Å². The number of benzene rings is 12. The molecule has 12 aromatic rings. The molecule has 0 N–H and O–H groups in total. The third-order valence-corrected chi connectivity index (χ3v) is 12.1. The fourth-order valence-corrected chi connectivity index (χ4v) is 8.95. The van der Waals surface area contributed by atoms with Crippen molar-refractivity contribution >= 4 is 60.2 Å². The second-order valence-electron chi connectivity index (χ2n) is 15.9. The number of fused-ring (bicyclic) bond motifs is 5. The van der Waals surface area contributed by atoms with Crippen molar-refractivity contribution in [2.45, 2.75) is 0 Å². The smallest absolute Gasteiger partial charge is 0.0645 e. The molecule has 12 aromatic carbocycles. The lowest BCUT2D eigenvalue weighted by molar-refractivity contribution is 1.28. The van der Waals surface area contributed by atoms with Crippen molar-refractivity contribution in [2.24, 2.45) is 0 Å². The van der Waals surface area contributed by atoms with Gasteiger partial charge < -0.3 is 4.90 Å². The number of rotatable bonds is 8. The molecular formula is C64H43N. The highest BCUT2D eigenvalue weighted by Crippen LogP contribution is 2.42. The summed E-state index contributed by atoms with van der Waals surface area (Å²) in [4.78, 5) is 0.875. The number of hydrogen-bond acceptors (Lipinski definition) is 1. The average Bonchev–Trinajstić information content (AvgIpc) is 3.50. The fourth-order valence-electron chi connectivity index (χ4n) is 8.95. The van der Waals surface area contributed by atoms with Crippen molar-refractivity contribution in [2.75, 3.05) is 4.90 Å². The lowest BCUT2D eigenvalue weighted by atomic mass is 9.90. The minimum Gasteiger partial charge on any atom is -0.311 e. The Morgan fingerprint density at radius 3 is 1.38 bits per heavy atom. The Balaban J connectivity index is 1.11. The monoisotopic (exact) mass is 837 g/mol. The molecular weight excluding hydrogens is 783 g/mol. The first kappa shape index (κ1) is 27.5. The maximum absolute atomic E-state index is 9.88. The minimum atomic E-state index is -0.681. The summed E-state index contributed by atoms with van der Waals surface area (Å²) >= 11 is 0. The highest BCUT2D eigenvalue weighted by atomic mass is 15.1. The highest BCUT2D eigenvalue weighted by Gasteiger charge is 2.17. The Labute approximate surface area is 396 Å². The topological polar surface area (TPSA) is 3.24 Å². The summed E-state index contributed by atoms with van der Waals surface area (Å²) in [7, 11) is 0. The summed E-state index contributed by atoms with van der Waals surface area (Å²) < 4.78 is 117. The Morgan fingerprint density at radius 2 is 0.723 bits per heavy atom. The van der Waals surface area contributed by atoms with Gasteiger partial charge in [-0.25, -0.2) is 0 Å². The van der Waals surface area contributed by atoms with E-state index in [-0.39, 0.29) is 16.7 Å². The van der Waals surface area contributed by atoms with E-state index >= 15 is 0 Å². The summed E-state index contributed by atoms with van der Waals surface area (Å²) in [5.41, 5.74) is 2.45. The van der Waals surface area contributed by atoms with Crippen molar-refractivity contribution in [3.8, 4) is 55.6 Å². The fraction of sp³-hybridized carbons (Fsp3) is 0. The second-order valence-corrected chi connectivity index (χ2v) is 15.9. The van der Waals surface area contributed by atoms with Crippen LogP contribution in [0.2, 0.25) is 0 Å². The number of nitrogens with zero attached hydrogens (tertiary/aromatic N) is 1. The van der Waals surface area contributed by atoms with Crippen LogP contribution in [0.15, 0.2) is 261 Å². The molecule has 0 amide bonds. The molecule has 0 saturated heterocycles. The Hall–Kier alpha value is -8.52. The van der Waals surface area contributed by atoms with Crippen LogP contribution in [0, 0.1) is 0 Å². The predicted molar refractivity (Wildman–Crippen MR) is 278 cm³/mol. The lowest BCUT2D eigenvalue weighted by Crippen LogP contribution is -2.09. The van der Waals surface area contributed by atoms with Gasteiger partial charge in [0.1, 0.15) is 0 Å². The van der Waals surface area contributed by atoms with Gasteiger partial charge in [-0.2, -0.15) is 0 Å². The first-order chi connectivity index (χ1) is 37.3. The van der Waals surface area contributed by atoms with Gasteiger partial charge in [0.05, 0.1) is 16.4 Å². The van der Waals surface area contributed by atoms with Gasteiger partial charge in [-0.1, -0.05) is 218 Å². The average molecular weight is 838 g/mol. The molecule has 65 heavy (non-hydrogen) atoms. The standard InChI is InChI=1S/C64H43N/c1-2-15-51(16-3-1)64-59-21-9-5-14-47(59)35-42-60(64)49-31-38-54(39-32-49)65(55-40-33-50(34-41-55)63-43-52-17-6-8-20-58(52)61-22-10-11-23-62(61)63)53-36-29-45(30-37-53)44-25-27-48(28-26-44)57-24-12-18-46-13-4-7-19-56(46)57/h1-43H/i29D,30D,31D,32D,33D,34D,36D,37D,38D,39D,40D,41D. The van der Waals surface area contributed by atoms with Crippen molar-refractivity contribution in [3.63, 3.8) is 0 Å². The summed E-state index contributed by atoms with van der Waals surface area (Å²) in [6.45, 7) is 0. The van der Waals surface area contributed by atoms with Gasteiger partial charge in [0.15, 0.2) is 0 Å². The molecule has 0 spiro atoms. The molecule has 0 saturated carbocycles. The van der Waals surface area contributed by atoms with Crippen LogP contribution >= 0.6 is 0 Å². The Morgan fingerprint density at radius 1 is 0.246 bits per heavy atom. The van der Waals surface area contributed by atoms with E-state index in [1.165, 1.54) is 0 Å². The molecule has 0 aliphatic rings. The number of hydrogen-bond donors (Lipinski definition) is 0. The molecule has 1 nitrogen and oxygen atoms in total. The SMILES string of the molecule is [2H]c1c([2H])c(N(c2c([2H])c([2H])c(-c3ccc4ccccc4c3-c3ccccc3)c([2H])c2[2H])c2c([2H])c([2H])c(-c3cc4ccccc4c4ccccc34)c([2H])c2[2H])c([2H])c([2H])c1-c1ccc(-c2cccc3ccccc23)cc1. The van der Waals surface area contributed by atoms with Crippen LogP contribution in [0.1, 0.15) is 16.4 Å². The molecule has 12 rings (SSSR count). The van der Waals surface area contributed by atoms with Crippen LogP contribution in [0.5, 0.6) is 0 Å². The molecule has 0 aromatic heterocycles. The summed E-state index contributed by atoms with van der Waals surface area (Å²) in [5, 5.41) is 6.95. The Bertz CT molecular complexity index is 4330. The molecule has 0 heterocycles. The zero-order valence-corrected chi connectivity index (χ0v) is 34.8. The first-order valence-electron chi connectivity index (χ1n) is 27.4. The second kappa shape index (κ2) is 16.3. The maximum Gasteiger partial charge on any atom is 0.0645 e. The predicted octanol–water partition coefficient (Wildman–Crippen LogP) is 18.1. The molecule has 1 heteroatoms. The third-order valence-electron chi connectivity index (χ3n) is 12.1. The minimum absolute atomic E-state index is 0.0489. The molecule has 0 fully saturated rings. The van der Waals surface area contributed by atoms with E-state index in [1.54, 1.807) is 18.2 Å². The third kappa shape index (κ3) is 7.01. The van der Waals surface area contributed by atoms with Crippen LogP contribution < -0.4 is 4.90 Å². The summed E-state index contributed by atoms with van der Waals surface area (Å²) in [6, 6.07) is 51.5. The van der Waals surface area contributed by atoms with Crippen molar-refractivity contribution in [1.29, 1.82) is 0 Å². The normalized spacial score (nSPS) is 14.0. The Kier molecular flexibility index (Phi) is 6.91. The van der Waals surface area contributed by atoms with Gasteiger partial charge in [0.25, 0.3) is 0 Å². The van der Waals surface area contributed by atoms with E-state index < -0.39 is 89.6 Å². The van der Waals surface area contributed by atoms with Gasteiger partial charge in [0, 0.05) is 17.1 Å². The van der Waals surface area contributed by atoms with E-state index in [0.29, 0.717) is 27.6 Å². The van der Waals surface area contributed by atoms with Crippen LogP contribution in [-0.4, -0.2) is 0 Å². The summed E-state index contributed by atoms with van der Waals surface area (Å²) in [6.07, 6.45) is 0. The van der Waals surface area contributed by atoms with Crippen molar-refractivity contribution in [3.05, 3.63) is 261 Å². The zero-order valence-electron chi connectivity index (χ0n) is 46.8.